The van der Waals surface area contributed by atoms with Crippen molar-refractivity contribution in [3.05, 3.63) is 0 Å². The maximum atomic E-state index is 10.5. The van der Waals surface area contributed by atoms with E-state index in [1.165, 1.54) is 0 Å². The van der Waals surface area contributed by atoms with E-state index in [9.17, 15) is 14.4 Å². The molecule has 0 aromatic rings. The first-order valence-corrected chi connectivity index (χ1v) is 2.63. The van der Waals surface area contributed by atoms with Crippen LogP contribution in [-0.4, -0.2) is 17.9 Å². The largest absolute Gasteiger partial charge is 0.294 e. The number of carbonyl (C=O) groups is 3. The third-order valence-corrected chi connectivity index (χ3v) is 0.874. The van der Waals surface area contributed by atoms with Crippen LogP contribution in [0.4, 0.5) is 0 Å². The summed E-state index contributed by atoms with van der Waals surface area (Å²) in [5.41, 5.74) is 0. The molecule has 0 aliphatic carbocycles. The van der Waals surface area contributed by atoms with Crippen LogP contribution in [-0.2, 0) is 14.4 Å². The average Bonchev–Trinajstić information content (AvgIpc) is 1.84. The van der Waals surface area contributed by atoms with Gasteiger partial charge in [-0.2, -0.15) is 0 Å². The van der Waals surface area contributed by atoms with Crippen molar-refractivity contribution in [3.8, 4) is 0 Å². The van der Waals surface area contributed by atoms with Gasteiger partial charge in [-0.25, -0.2) is 0 Å². The van der Waals surface area contributed by atoms with Gasteiger partial charge in [0.05, 0.1) is 0 Å². The van der Waals surface area contributed by atoms with Gasteiger partial charge in [-0.15, -0.1) is 0 Å². The normalized spacial score (nSPS) is 9.22. The monoisotopic (exact) mass is 128 g/mol. The number of hydrogen-bond acceptors (Lipinski definition) is 3. The highest BCUT2D eigenvalue weighted by molar-refractivity contribution is 6.58. The van der Waals surface area contributed by atoms with E-state index in [0.29, 0.717) is 0 Å². The lowest BCUT2D eigenvalue weighted by molar-refractivity contribution is -0.141. The highest BCUT2D eigenvalue weighted by atomic mass is 16.2. The Morgan fingerprint density at radius 1 is 1.33 bits per heavy atom. The summed E-state index contributed by atoms with van der Waals surface area (Å²) in [6.45, 7) is 3.15. The van der Waals surface area contributed by atoms with Crippen molar-refractivity contribution in [2.45, 2.75) is 13.8 Å². The molecule has 0 saturated heterocycles. The van der Waals surface area contributed by atoms with Crippen molar-refractivity contribution in [1.82, 2.24) is 0 Å². The fourth-order valence-electron chi connectivity index (χ4n) is 0.343. The zero-order valence-electron chi connectivity index (χ0n) is 5.38. The minimum absolute atomic E-state index is 0.0440. The summed E-state index contributed by atoms with van der Waals surface area (Å²) in [5.74, 6) is -1.93. The lowest BCUT2D eigenvalue weighted by atomic mass is 10.1. The minimum Gasteiger partial charge on any atom is -0.294 e. The first kappa shape index (κ1) is 8.01. The maximum absolute atomic E-state index is 10.5. The molecule has 0 N–H and O–H groups in total. The summed E-state index contributed by atoms with van der Waals surface area (Å²) in [4.78, 5) is 30.4. The van der Waals surface area contributed by atoms with Crippen LogP contribution in [0, 0.1) is 5.92 Å². The van der Waals surface area contributed by atoms with Gasteiger partial charge in [0.15, 0.2) is 6.29 Å². The fraction of sp³-hybridized carbons (Fsp3) is 0.500. The Morgan fingerprint density at radius 3 is 1.89 bits per heavy atom. The van der Waals surface area contributed by atoms with Gasteiger partial charge in [0.1, 0.15) is 0 Å². The summed E-state index contributed by atoms with van der Waals surface area (Å²) < 4.78 is 0. The topological polar surface area (TPSA) is 51.2 Å². The van der Waals surface area contributed by atoms with Crippen LogP contribution in [0.5, 0.6) is 0 Å². The minimum atomic E-state index is -0.940. The smallest absolute Gasteiger partial charge is 0.261 e. The summed E-state index contributed by atoms with van der Waals surface area (Å²) in [7, 11) is 0. The Bertz CT molecular complexity index is 146. The molecule has 3 heteroatoms. The molecule has 0 radical (unpaired) electrons. The van der Waals surface area contributed by atoms with E-state index >= 15 is 0 Å². The number of hydrogen-bond donors (Lipinski definition) is 0. The molecule has 50 valence electrons. The molecular weight excluding hydrogens is 120 g/mol. The van der Waals surface area contributed by atoms with Gasteiger partial charge in [-0.05, 0) is 0 Å². The highest BCUT2D eigenvalue weighted by Gasteiger charge is 2.15. The van der Waals surface area contributed by atoms with Crippen LogP contribution in [0.15, 0.2) is 0 Å². The van der Waals surface area contributed by atoms with Crippen molar-refractivity contribution in [3.63, 3.8) is 0 Å². The van der Waals surface area contributed by atoms with E-state index in [4.69, 9.17) is 0 Å². The van der Waals surface area contributed by atoms with E-state index in [1.54, 1.807) is 13.8 Å². The van der Waals surface area contributed by atoms with Crippen LogP contribution in [0.3, 0.4) is 0 Å². The standard InChI is InChI=1S/C6H8O3/c1-4(2)6(9)5(8)3-7/h3-4H,1-2H3. The van der Waals surface area contributed by atoms with Gasteiger partial charge in [0.25, 0.3) is 5.78 Å². The van der Waals surface area contributed by atoms with E-state index < -0.39 is 11.6 Å². The number of rotatable bonds is 3. The SMILES string of the molecule is CC(C)C(=O)C(=O)C=O. The van der Waals surface area contributed by atoms with Crippen molar-refractivity contribution in [1.29, 1.82) is 0 Å². The first-order chi connectivity index (χ1) is 4.09. The van der Waals surface area contributed by atoms with Gasteiger partial charge in [-0.3, -0.25) is 14.4 Å². The molecule has 0 saturated carbocycles. The number of carbonyl (C=O) groups excluding carboxylic acids is 3. The lowest BCUT2D eigenvalue weighted by Gasteiger charge is -1.94. The van der Waals surface area contributed by atoms with Crippen LogP contribution in [0.1, 0.15) is 13.8 Å². The summed E-state index contributed by atoms with van der Waals surface area (Å²) in [6.07, 6.45) is 0.0440. The Labute approximate surface area is 53.0 Å². The fourth-order valence-corrected chi connectivity index (χ4v) is 0.343. The predicted molar refractivity (Wildman–Crippen MR) is 30.9 cm³/mol. The molecule has 3 nitrogen and oxygen atoms in total. The van der Waals surface area contributed by atoms with Crippen LogP contribution in [0.2, 0.25) is 0 Å². The van der Waals surface area contributed by atoms with Gasteiger partial charge < -0.3 is 0 Å². The molecule has 0 rings (SSSR count). The van der Waals surface area contributed by atoms with Crippen LogP contribution < -0.4 is 0 Å². The van der Waals surface area contributed by atoms with E-state index in [-0.39, 0.29) is 12.2 Å². The third kappa shape index (κ3) is 2.17. The van der Waals surface area contributed by atoms with E-state index in [2.05, 4.69) is 0 Å². The van der Waals surface area contributed by atoms with Gasteiger partial charge >= 0.3 is 0 Å². The van der Waals surface area contributed by atoms with Gasteiger partial charge in [0.2, 0.25) is 5.78 Å². The molecule has 0 aliphatic heterocycles. The molecule has 0 aromatic heterocycles. The summed E-state index contributed by atoms with van der Waals surface area (Å²) in [5, 5.41) is 0. The molecule has 0 unspecified atom stereocenters. The molecule has 0 atom stereocenters. The molecule has 0 aromatic carbocycles. The second-order valence-electron chi connectivity index (χ2n) is 2.00. The molecule has 0 amide bonds. The quantitative estimate of drug-likeness (QED) is 0.305. The van der Waals surface area contributed by atoms with Crippen molar-refractivity contribution < 1.29 is 14.4 Å². The first-order valence-electron chi connectivity index (χ1n) is 2.63. The summed E-state index contributed by atoms with van der Waals surface area (Å²) in [6, 6.07) is 0. The maximum Gasteiger partial charge on any atom is 0.261 e. The molecular formula is C6H8O3. The van der Waals surface area contributed by atoms with Crippen molar-refractivity contribution >= 4 is 17.9 Å². The van der Waals surface area contributed by atoms with E-state index in [0.717, 1.165) is 0 Å². The Hall–Kier alpha value is -0.990. The number of aldehydes is 1. The second-order valence-corrected chi connectivity index (χ2v) is 2.00. The molecule has 0 heterocycles. The van der Waals surface area contributed by atoms with Gasteiger partial charge in [-0.1, -0.05) is 13.8 Å². The average molecular weight is 128 g/mol. The lowest BCUT2D eigenvalue weighted by Crippen LogP contribution is -2.20. The molecule has 0 bridgehead atoms. The third-order valence-electron chi connectivity index (χ3n) is 0.874. The summed E-state index contributed by atoms with van der Waals surface area (Å²) >= 11 is 0. The van der Waals surface area contributed by atoms with Crippen LogP contribution >= 0.6 is 0 Å². The number of ketones is 2. The molecule has 0 aliphatic rings. The number of Topliss-reactive ketones (excluding diaryl/α,β-unsaturated/α-hetero) is 2. The Morgan fingerprint density at radius 2 is 1.78 bits per heavy atom. The molecule has 9 heavy (non-hydrogen) atoms. The molecule has 0 fully saturated rings. The predicted octanol–water partition coefficient (Wildman–Crippen LogP) is -0.0205. The van der Waals surface area contributed by atoms with Gasteiger partial charge in [0, 0.05) is 5.92 Å². The molecule has 0 spiro atoms. The Balaban J connectivity index is 4.04. The zero-order chi connectivity index (χ0) is 7.44. The van der Waals surface area contributed by atoms with E-state index in [1.807, 2.05) is 0 Å². The second kappa shape index (κ2) is 3.12. The van der Waals surface area contributed by atoms with Crippen molar-refractivity contribution in [2.24, 2.45) is 5.92 Å². The van der Waals surface area contributed by atoms with Crippen molar-refractivity contribution in [2.75, 3.05) is 0 Å². The highest BCUT2D eigenvalue weighted by Crippen LogP contribution is 1.92. The Kier molecular flexibility index (Phi) is 2.78. The van der Waals surface area contributed by atoms with Crippen LogP contribution in [0.25, 0.3) is 0 Å². The zero-order valence-corrected chi connectivity index (χ0v) is 5.38.